The van der Waals surface area contributed by atoms with Crippen LogP contribution in [-0.2, 0) is 11.2 Å². The van der Waals surface area contributed by atoms with Crippen LogP contribution in [0, 0.1) is 0 Å². The minimum Gasteiger partial charge on any atom is -0.381 e. The van der Waals surface area contributed by atoms with Gasteiger partial charge in [-0.15, -0.1) is 11.3 Å². The summed E-state index contributed by atoms with van der Waals surface area (Å²) < 4.78 is 6.97. The van der Waals surface area contributed by atoms with Crippen LogP contribution in [0.3, 0.4) is 0 Å². The molecule has 0 bridgehead atoms. The molecule has 19 heavy (non-hydrogen) atoms. The molecule has 1 unspecified atom stereocenters. The summed E-state index contributed by atoms with van der Waals surface area (Å²) in [5.74, 6) is 0. The van der Waals surface area contributed by atoms with Gasteiger partial charge in [-0.2, -0.15) is 0 Å². The Bertz CT molecular complexity index is 494. The second-order valence-electron chi connectivity index (χ2n) is 4.85. The van der Waals surface area contributed by atoms with Crippen LogP contribution in [-0.4, -0.2) is 26.3 Å². The third kappa shape index (κ3) is 4.03. The van der Waals surface area contributed by atoms with Gasteiger partial charge < -0.3 is 10.1 Å². The molecule has 0 fully saturated rings. The highest BCUT2D eigenvalue weighted by Crippen LogP contribution is 2.26. The van der Waals surface area contributed by atoms with Gasteiger partial charge in [-0.25, -0.2) is 0 Å². The van der Waals surface area contributed by atoms with Crippen molar-refractivity contribution in [3.8, 4) is 0 Å². The molecule has 1 N–H and O–H groups in total. The van der Waals surface area contributed by atoms with Crippen molar-refractivity contribution in [2.24, 2.45) is 0 Å². The Balaban J connectivity index is 1.94. The molecule has 104 valence electrons. The van der Waals surface area contributed by atoms with E-state index in [1.807, 2.05) is 18.4 Å². The minimum absolute atomic E-state index is 0.495. The summed E-state index contributed by atoms with van der Waals surface area (Å²) in [4.78, 5) is 0. The topological polar surface area (TPSA) is 21.3 Å². The van der Waals surface area contributed by atoms with Crippen LogP contribution in [0.5, 0.6) is 0 Å². The Hall–Kier alpha value is -0.900. The third-order valence-electron chi connectivity index (χ3n) is 3.39. The zero-order valence-electron chi connectivity index (χ0n) is 11.8. The first kappa shape index (κ1) is 14.5. The van der Waals surface area contributed by atoms with Gasteiger partial charge in [0.05, 0.1) is 0 Å². The maximum atomic E-state index is 5.58. The molecule has 3 heteroatoms. The Labute approximate surface area is 119 Å². The van der Waals surface area contributed by atoms with E-state index < -0.39 is 0 Å². The highest BCUT2D eigenvalue weighted by molar-refractivity contribution is 7.17. The average molecular weight is 277 g/mol. The number of thiophene rings is 1. The van der Waals surface area contributed by atoms with Crippen molar-refractivity contribution >= 4 is 21.4 Å². The lowest BCUT2D eigenvalue weighted by atomic mass is 10.0. The average Bonchev–Trinajstić information content (AvgIpc) is 2.85. The summed E-state index contributed by atoms with van der Waals surface area (Å²) in [6, 6.07) is 9.15. The predicted octanol–water partition coefficient (Wildman–Crippen LogP) is 3.85. The van der Waals surface area contributed by atoms with Crippen molar-refractivity contribution in [1.29, 1.82) is 0 Å². The summed E-state index contributed by atoms with van der Waals surface area (Å²) in [7, 11) is 2.04. The lowest BCUT2D eigenvalue weighted by Gasteiger charge is -2.15. The largest absolute Gasteiger partial charge is 0.381 e. The summed E-state index contributed by atoms with van der Waals surface area (Å²) in [6.07, 6.45) is 3.25. The van der Waals surface area contributed by atoms with Gasteiger partial charge in [-0.05, 0) is 48.7 Å². The van der Waals surface area contributed by atoms with Gasteiger partial charge in [0.2, 0.25) is 0 Å². The zero-order valence-corrected chi connectivity index (χ0v) is 12.6. The molecule has 1 heterocycles. The maximum absolute atomic E-state index is 5.58. The van der Waals surface area contributed by atoms with Crippen LogP contribution in [0.4, 0.5) is 0 Å². The van der Waals surface area contributed by atoms with Gasteiger partial charge in [0.25, 0.3) is 0 Å². The molecule has 0 aliphatic heterocycles. The fraction of sp³-hybridized carbons (Fsp3) is 0.500. The Morgan fingerprint density at radius 3 is 2.89 bits per heavy atom. The quantitative estimate of drug-likeness (QED) is 0.740. The van der Waals surface area contributed by atoms with Gasteiger partial charge in [0.15, 0.2) is 0 Å². The van der Waals surface area contributed by atoms with E-state index in [2.05, 4.69) is 41.9 Å². The van der Waals surface area contributed by atoms with Crippen molar-refractivity contribution < 1.29 is 4.74 Å². The smallest absolute Gasteiger partial charge is 0.0480 e. The molecular formula is C16H23NOS. The highest BCUT2D eigenvalue weighted by atomic mass is 32.1. The molecule has 0 radical (unpaired) electrons. The zero-order chi connectivity index (χ0) is 13.5. The molecule has 1 atom stereocenters. The first-order valence-corrected chi connectivity index (χ1v) is 7.93. The van der Waals surface area contributed by atoms with Gasteiger partial charge in [0, 0.05) is 24.0 Å². The lowest BCUT2D eigenvalue weighted by Crippen LogP contribution is -2.29. The van der Waals surface area contributed by atoms with E-state index in [1.165, 1.54) is 15.6 Å². The fourth-order valence-corrected chi connectivity index (χ4v) is 3.25. The van der Waals surface area contributed by atoms with E-state index in [-0.39, 0.29) is 0 Å². The normalized spacial score (nSPS) is 12.9. The number of fused-ring (bicyclic) bond motifs is 1. The second kappa shape index (κ2) is 7.63. The van der Waals surface area contributed by atoms with E-state index in [1.54, 1.807) is 0 Å². The fourth-order valence-electron chi connectivity index (χ4n) is 2.28. The monoisotopic (exact) mass is 277 g/mol. The molecule has 1 aromatic carbocycles. The lowest BCUT2D eigenvalue weighted by molar-refractivity contribution is 0.125. The van der Waals surface area contributed by atoms with Crippen molar-refractivity contribution in [3.63, 3.8) is 0 Å². The second-order valence-corrected chi connectivity index (χ2v) is 5.76. The van der Waals surface area contributed by atoms with Crippen molar-refractivity contribution in [3.05, 3.63) is 35.2 Å². The molecule has 2 nitrogen and oxygen atoms in total. The van der Waals surface area contributed by atoms with Crippen molar-refractivity contribution in [2.45, 2.75) is 32.2 Å². The first-order chi connectivity index (χ1) is 9.35. The summed E-state index contributed by atoms with van der Waals surface area (Å²) >= 11 is 1.84. The van der Waals surface area contributed by atoms with Gasteiger partial charge >= 0.3 is 0 Å². The van der Waals surface area contributed by atoms with Crippen LogP contribution in [0.15, 0.2) is 29.6 Å². The molecule has 0 saturated carbocycles. The van der Waals surface area contributed by atoms with Crippen LogP contribution < -0.4 is 5.32 Å². The molecule has 2 rings (SSSR count). The summed E-state index contributed by atoms with van der Waals surface area (Å²) in [5.41, 5.74) is 1.45. The van der Waals surface area contributed by atoms with Gasteiger partial charge in [-0.1, -0.05) is 25.1 Å². The molecular weight excluding hydrogens is 254 g/mol. The Kier molecular flexibility index (Phi) is 5.83. The predicted molar refractivity (Wildman–Crippen MR) is 84.1 cm³/mol. The third-order valence-corrected chi connectivity index (χ3v) is 4.41. The molecule has 2 aromatic rings. The van der Waals surface area contributed by atoms with Crippen LogP contribution in [0.25, 0.3) is 10.1 Å². The number of rotatable bonds is 8. The molecule has 0 spiro atoms. The number of hydrogen-bond acceptors (Lipinski definition) is 3. The van der Waals surface area contributed by atoms with E-state index in [4.69, 9.17) is 4.74 Å². The number of benzene rings is 1. The number of hydrogen-bond donors (Lipinski definition) is 1. The van der Waals surface area contributed by atoms with Crippen LogP contribution in [0.2, 0.25) is 0 Å². The molecule has 0 aliphatic rings. The minimum atomic E-state index is 0.495. The molecule has 0 saturated heterocycles. The van der Waals surface area contributed by atoms with Gasteiger partial charge in [0.1, 0.15) is 0 Å². The summed E-state index contributed by atoms with van der Waals surface area (Å²) in [5, 5.41) is 7.10. The number of likely N-dealkylation sites (N-methyl/N-ethyl adjacent to an activating group) is 1. The summed E-state index contributed by atoms with van der Waals surface area (Å²) in [6.45, 7) is 3.87. The van der Waals surface area contributed by atoms with E-state index in [9.17, 15) is 0 Å². The highest BCUT2D eigenvalue weighted by Gasteiger charge is 2.10. The van der Waals surface area contributed by atoms with Gasteiger partial charge in [-0.3, -0.25) is 0 Å². The van der Waals surface area contributed by atoms with E-state index in [0.717, 1.165) is 32.5 Å². The maximum Gasteiger partial charge on any atom is 0.0480 e. The molecule has 0 amide bonds. The standard InChI is InChI=1S/C16H23NOS/c1-3-9-18-10-8-14(17-2)11-13-12-19-16-7-5-4-6-15(13)16/h4-7,12,14,17H,3,8-11H2,1-2H3. The Morgan fingerprint density at radius 2 is 2.11 bits per heavy atom. The van der Waals surface area contributed by atoms with E-state index >= 15 is 0 Å². The van der Waals surface area contributed by atoms with Crippen molar-refractivity contribution in [2.75, 3.05) is 20.3 Å². The molecule has 1 aromatic heterocycles. The van der Waals surface area contributed by atoms with E-state index in [0.29, 0.717) is 6.04 Å². The number of nitrogens with one attached hydrogen (secondary N) is 1. The molecule has 0 aliphatic carbocycles. The number of ether oxygens (including phenoxy) is 1. The first-order valence-electron chi connectivity index (χ1n) is 7.05. The van der Waals surface area contributed by atoms with Crippen LogP contribution in [0.1, 0.15) is 25.3 Å². The van der Waals surface area contributed by atoms with Crippen LogP contribution >= 0.6 is 11.3 Å². The SMILES string of the molecule is CCCOCCC(Cc1csc2ccccc12)NC. The van der Waals surface area contributed by atoms with Crippen molar-refractivity contribution in [1.82, 2.24) is 5.32 Å². The Morgan fingerprint density at radius 1 is 1.26 bits per heavy atom.